The number of carboxylic acid groups (broad SMARTS) is 1. The lowest BCUT2D eigenvalue weighted by Crippen LogP contribution is -2.60. The minimum Gasteiger partial charge on any atom is -0.480 e. The second-order valence-corrected chi connectivity index (χ2v) is 8.14. The lowest BCUT2D eigenvalue weighted by atomic mass is 9.98. The summed E-state index contributed by atoms with van der Waals surface area (Å²) in [4.78, 5) is 59.7. The van der Waals surface area contributed by atoms with E-state index in [9.17, 15) is 29.1 Å². The first-order chi connectivity index (χ1) is 14.2. The van der Waals surface area contributed by atoms with Crippen molar-refractivity contribution in [3.8, 4) is 0 Å². The van der Waals surface area contributed by atoms with Crippen LogP contribution in [0.15, 0.2) is 0 Å². The highest BCUT2D eigenvalue weighted by atomic mass is 16.4. The SMILES string of the molecule is CC(C)C(NC(=O)C(N)CCC(N)=O)C(=O)NC(C(=O)NC(C(=O)O)C(C)O)C(C)C. The molecular formula is C19H35N5O7. The Morgan fingerprint density at radius 1 is 0.774 bits per heavy atom. The average molecular weight is 446 g/mol. The van der Waals surface area contributed by atoms with E-state index in [2.05, 4.69) is 16.0 Å². The van der Waals surface area contributed by atoms with E-state index in [0.717, 1.165) is 0 Å². The smallest absolute Gasteiger partial charge is 0.328 e. The number of nitrogens with two attached hydrogens (primary N) is 2. The van der Waals surface area contributed by atoms with Crippen molar-refractivity contribution in [3.63, 3.8) is 0 Å². The minimum absolute atomic E-state index is 0.0144. The molecule has 0 aliphatic carbocycles. The number of rotatable bonds is 13. The monoisotopic (exact) mass is 445 g/mol. The Labute approximate surface area is 181 Å². The molecule has 4 amide bonds. The fourth-order valence-corrected chi connectivity index (χ4v) is 2.63. The quantitative estimate of drug-likeness (QED) is 0.165. The topological polar surface area (TPSA) is 214 Å². The molecule has 12 nitrogen and oxygen atoms in total. The number of carbonyl (C=O) groups is 5. The van der Waals surface area contributed by atoms with Gasteiger partial charge in [0.05, 0.1) is 12.1 Å². The van der Waals surface area contributed by atoms with Crippen molar-refractivity contribution in [1.82, 2.24) is 16.0 Å². The van der Waals surface area contributed by atoms with Gasteiger partial charge in [-0.15, -0.1) is 0 Å². The Balaban J connectivity index is 5.31. The lowest BCUT2D eigenvalue weighted by molar-refractivity contribution is -0.145. The van der Waals surface area contributed by atoms with E-state index in [1.807, 2.05) is 0 Å². The van der Waals surface area contributed by atoms with Crippen molar-refractivity contribution in [3.05, 3.63) is 0 Å². The minimum atomic E-state index is -1.55. The zero-order valence-electron chi connectivity index (χ0n) is 18.5. The molecule has 5 unspecified atom stereocenters. The van der Waals surface area contributed by atoms with Crippen LogP contribution in [0.5, 0.6) is 0 Å². The molecule has 0 spiro atoms. The molecule has 0 aromatic rings. The van der Waals surface area contributed by atoms with E-state index in [0.29, 0.717) is 0 Å². The summed E-state index contributed by atoms with van der Waals surface area (Å²) in [7, 11) is 0. The van der Waals surface area contributed by atoms with Crippen molar-refractivity contribution >= 4 is 29.6 Å². The number of aliphatic hydroxyl groups is 1. The highest BCUT2D eigenvalue weighted by Crippen LogP contribution is 2.08. The van der Waals surface area contributed by atoms with Crippen LogP contribution in [0.2, 0.25) is 0 Å². The van der Waals surface area contributed by atoms with Crippen molar-refractivity contribution in [2.24, 2.45) is 23.3 Å². The van der Waals surface area contributed by atoms with E-state index < -0.39 is 65.8 Å². The number of carboxylic acids is 1. The maximum atomic E-state index is 12.8. The summed E-state index contributed by atoms with van der Waals surface area (Å²) in [5.41, 5.74) is 10.8. The highest BCUT2D eigenvalue weighted by Gasteiger charge is 2.34. The molecule has 0 rings (SSSR count). The summed E-state index contributed by atoms with van der Waals surface area (Å²) in [6.45, 7) is 7.86. The largest absolute Gasteiger partial charge is 0.480 e. The van der Waals surface area contributed by atoms with Gasteiger partial charge in [-0.3, -0.25) is 19.2 Å². The Morgan fingerprint density at radius 2 is 1.16 bits per heavy atom. The van der Waals surface area contributed by atoms with E-state index >= 15 is 0 Å². The van der Waals surface area contributed by atoms with Crippen LogP contribution in [-0.2, 0) is 24.0 Å². The van der Waals surface area contributed by atoms with Crippen LogP contribution in [0.3, 0.4) is 0 Å². The zero-order valence-corrected chi connectivity index (χ0v) is 18.5. The fraction of sp³-hybridized carbons (Fsp3) is 0.737. The number of carbonyl (C=O) groups excluding carboxylic acids is 4. The van der Waals surface area contributed by atoms with Crippen molar-refractivity contribution in [1.29, 1.82) is 0 Å². The Bertz CT molecular complexity index is 666. The van der Waals surface area contributed by atoms with E-state index in [1.165, 1.54) is 6.92 Å². The number of amides is 4. The normalized spacial score (nSPS) is 16.0. The van der Waals surface area contributed by atoms with Gasteiger partial charge in [0.25, 0.3) is 0 Å². The van der Waals surface area contributed by atoms with Gasteiger partial charge in [-0.2, -0.15) is 0 Å². The first kappa shape index (κ1) is 28.3. The van der Waals surface area contributed by atoms with Gasteiger partial charge in [0.15, 0.2) is 6.04 Å². The maximum Gasteiger partial charge on any atom is 0.328 e. The number of aliphatic carboxylic acids is 1. The number of hydrogen-bond acceptors (Lipinski definition) is 7. The Hall–Kier alpha value is -2.73. The number of hydrogen-bond donors (Lipinski definition) is 7. The van der Waals surface area contributed by atoms with Crippen LogP contribution in [0.4, 0.5) is 0 Å². The molecule has 0 saturated heterocycles. The van der Waals surface area contributed by atoms with Crippen LogP contribution in [-0.4, -0.2) is 70.1 Å². The second kappa shape index (κ2) is 12.8. The van der Waals surface area contributed by atoms with Gasteiger partial charge < -0.3 is 37.6 Å². The second-order valence-electron chi connectivity index (χ2n) is 8.14. The molecule has 0 aliphatic heterocycles. The number of nitrogens with one attached hydrogen (secondary N) is 3. The third-order valence-corrected chi connectivity index (χ3v) is 4.58. The van der Waals surface area contributed by atoms with E-state index in [1.54, 1.807) is 27.7 Å². The summed E-state index contributed by atoms with van der Waals surface area (Å²) in [6, 6.07) is -4.74. The standard InChI is InChI=1S/C19H35N5O7/c1-8(2)13(22-16(27)11(20)6-7-12(21)26)17(28)23-14(9(3)4)18(29)24-15(10(5)25)19(30)31/h8-11,13-15,25H,6-7,20H2,1-5H3,(H2,21,26)(H,22,27)(H,23,28)(H,24,29)(H,30,31). The molecule has 0 fully saturated rings. The maximum absolute atomic E-state index is 12.8. The molecule has 12 heteroatoms. The predicted octanol–water partition coefficient (Wildman–Crippen LogP) is -2.19. The summed E-state index contributed by atoms with van der Waals surface area (Å²) in [5.74, 6) is -4.92. The van der Waals surface area contributed by atoms with E-state index in [-0.39, 0.29) is 18.8 Å². The molecule has 0 heterocycles. The van der Waals surface area contributed by atoms with Crippen molar-refractivity contribution < 1.29 is 34.2 Å². The lowest BCUT2D eigenvalue weighted by Gasteiger charge is -2.28. The third kappa shape index (κ3) is 9.75. The van der Waals surface area contributed by atoms with Gasteiger partial charge in [-0.1, -0.05) is 27.7 Å². The molecule has 178 valence electrons. The van der Waals surface area contributed by atoms with Crippen LogP contribution < -0.4 is 27.4 Å². The number of primary amides is 1. The van der Waals surface area contributed by atoms with Gasteiger partial charge in [0.1, 0.15) is 12.1 Å². The predicted molar refractivity (Wildman–Crippen MR) is 111 cm³/mol. The highest BCUT2D eigenvalue weighted by molar-refractivity contribution is 5.94. The Kier molecular flexibility index (Phi) is 11.7. The Morgan fingerprint density at radius 3 is 1.48 bits per heavy atom. The van der Waals surface area contributed by atoms with Crippen molar-refractivity contribution in [2.45, 2.75) is 77.7 Å². The summed E-state index contributed by atoms with van der Waals surface area (Å²) >= 11 is 0. The van der Waals surface area contributed by atoms with Gasteiger partial charge in [-0.25, -0.2) is 4.79 Å². The van der Waals surface area contributed by atoms with Crippen molar-refractivity contribution in [2.75, 3.05) is 0 Å². The third-order valence-electron chi connectivity index (χ3n) is 4.58. The first-order valence-electron chi connectivity index (χ1n) is 10.0. The van der Waals surface area contributed by atoms with E-state index in [4.69, 9.17) is 16.6 Å². The summed E-state index contributed by atoms with van der Waals surface area (Å²) < 4.78 is 0. The zero-order chi connectivity index (χ0) is 24.5. The molecule has 0 aromatic carbocycles. The van der Waals surface area contributed by atoms with Gasteiger partial charge in [0, 0.05) is 6.42 Å². The van der Waals surface area contributed by atoms with Gasteiger partial charge in [0.2, 0.25) is 23.6 Å². The molecule has 0 aliphatic rings. The van der Waals surface area contributed by atoms with Crippen LogP contribution >= 0.6 is 0 Å². The number of aliphatic hydroxyl groups excluding tert-OH is 1. The van der Waals surface area contributed by atoms with Gasteiger partial charge in [-0.05, 0) is 25.2 Å². The summed E-state index contributed by atoms with van der Waals surface area (Å²) in [5, 5.41) is 25.9. The van der Waals surface area contributed by atoms with Crippen LogP contribution in [0.25, 0.3) is 0 Å². The molecular weight excluding hydrogens is 410 g/mol. The molecule has 0 radical (unpaired) electrons. The molecule has 0 saturated carbocycles. The molecule has 0 bridgehead atoms. The molecule has 0 aromatic heterocycles. The first-order valence-corrected chi connectivity index (χ1v) is 10.0. The average Bonchev–Trinajstić information content (AvgIpc) is 2.64. The molecule has 31 heavy (non-hydrogen) atoms. The summed E-state index contributed by atoms with van der Waals surface area (Å²) in [6.07, 6.45) is -1.42. The molecule has 9 N–H and O–H groups in total. The van der Waals surface area contributed by atoms with Crippen LogP contribution in [0.1, 0.15) is 47.5 Å². The fourth-order valence-electron chi connectivity index (χ4n) is 2.63. The van der Waals surface area contributed by atoms with Gasteiger partial charge >= 0.3 is 5.97 Å². The van der Waals surface area contributed by atoms with Crippen LogP contribution in [0, 0.1) is 11.8 Å². The molecule has 5 atom stereocenters.